The van der Waals surface area contributed by atoms with E-state index in [1.54, 1.807) is 0 Å². The molecule has 0 aromatic rings. The molecule has 0 aromatic carbocycles. The minimum Gasteiger partial charge on any atom is -0.314 e. The van der Waals surface area contributed by atoms with E-state index >= 15 is 0 Å². The Morgan fingerprint density at radius 1 is 0.692 bits per heavy atom. The number of piperazine rings is 2. The van der Waals surface area contributed by atoms with Crippen LogP contribution >= 0.6 is 11.6 Å². The maximum absolute atomic E-state index is 8.44. The van der Waals surface area contributed by atoms with Crippen molar-refractivity contribution in [1.29, 1.82) is 15.8 Å². The van der Waals surface area contributed by atoms with Crippen molar-refractivity contribution in [2.24, 2.45) is 0 Å². The Bertz CT molecular complexity index is 375. The number of halogens is 1. The normalized spacial score (nSPS) is 16.8. The number of nitrogens with zero attached hydrogens (tertiary/aromatic N) is 5. The lowest BCUT2D eigenvalue weighted by atomic mass is 10.3. The van der Waals surface area contributed by atoms with Gasteiger partial charge in [-0.15, -0.1) is 11.6 Å². The monoisotopic (exact) mass is 383 g/mol. The highest BCUT2D eigenvalue weighted by molar-refractivity contribution is 6.17. The molecule has 0 radical (unpaired) electrons. The molecule has 2 aliphatic rings. The zero-order valence-corrected chi connectivity index (χ0v) is 15.8. The number of rotatable bonds is 5. The van der Waals surface area contributed by atoms with Gasteiger partial charge in [0, 0.05) is 90.6 Å². The fourth-order valence-electron chi connectivity index (χ4n) is 2.30. The van der Waals surface area contributed by atoms with Gasteiger partial charge in [0.2, 0.25) is 0 Å². The third kappa shape index (κ3) is 17.4. The highest BCUT2D eigenvalue weighted by Crippen LogP contribution is 2.02. The van der Waals surface area contributed by atoms with Crippen LogP contribution in [0.2, 0.25) is 0 Å². The summed E-state index contributed by atoms with van der Waals surface area (Å²) in [5.41, 5.74) is 0. The molecule has 2 rings (SSSR count). The third-order valence-electron chi connectivity index (χ3n) is 3.71. The van der Waals surface area contributed by atoms with Crippen LogP contribution in [0.4, 0.5) is 0 Å². The molecular formula is C18H34ClN7. The molecule has 0 saturated carbocycles. The van der Waals surface area contributed by atoms with E-state index in [0.29, 0.717) is 25.1 Å². The number of nitrogens with one attached hydrogen (secondary N) is 2. The van der Waals surface area contributed by atoms with Crippen LogP contribution in [-0.4, -0.2) is 81.1 Å². The van der Waals surface area contributed by atoms with Crippen molar-refractivity contribution in [3.63, 3.8) is 0 Å². The minimum atomic E-state index is 0. The van der Waals surface area contributed by atoms with Crippen LogP contribution in [0, 0.1) is 34.0 Å². The molecule has 2 heterocycles. The molecule has 2 fully saturated rings. The first kappa shape index (κ1) is 26.8. The molecule has 0 bridgehead atoms. The first-order chi connectivity index (χ1) is 12.3. The Labute approximate surface area is 164 Å². The van der Waals surface area contributed by atoms with Crippen LogP contribution in [0.15, 0.2) is 0 Å². The Morgan fingerprint density at radius 2 is 1.04 bits per heavy atom. The van der Waals surface area contributed by atoms with Crippen molar-refractivity contribution >= 4 is 11.6 Å². The third-order valence-corrected chi connectivity index (χ3v) is 3.90. The summed E-state index contributed by atoms with van der Waals surface area (Å²) in [4.78, 5) is 4.62. The Hall–Kier alpha value is -1.40. The molecule has 2 N–H and O–H groups in total. The summed E-state index contributed by atoms with van der Waals surface area (Å²) >= 11 is 5.08. The molecule has 2 saturated heterocycles. The van der Waals surface area contributed by atoms with E-state index < -0.39 is 0 Å². The zero-order valence-electron chi connectivity index (χ0n) is 15.0. The molecule has 0 spiro atoms. The van der Waals surface area contributed by atoms with Gasteiger partial charge < -0.3 is 10.6 Å². The highest BCUT2D eigenvalue weighted by atomic mass is 35.5. The van der Waals surface area contributed by atoms with E-state index in [2.05, 4.69) is 32.6 Å². The van der Waals surface area contributed by atoms with Crippen LogP contribution in [0.3, 0.4) is 0 Å². The van der Waals surface area contributed by atoms with Gasteiger partial charge in [0.25, 0.3) is 0 Å². The number of hydrogen-bond donors (Lipinski definition) is 2. The average molecular weight is 384 g/mol. The SMILES string of the molecule is C.C1CNCCN1.N#CCCCl.N#CCCN1CCN(CCC#N)CC1. The molecular weight excluding hydrogens is 350 g/mol. The van der Waals surface area contributed by atoms with Crippen molar-refractivity contribution in [2.45, 2.75) is 26.7 Å². The van der Waals surface area contributed by atoms with Crippen molar-refractivity contribution in [1.82, 2.24) is 20.4 Å². The molecule has 26 heavy (non-hydrogen) atoms. The van der Waals surface area contributed by atoms with Gasteiger partial charge in [-0.25, -0.2) is 0 Å². The van der Waals surface area contributed by atoms with Crippen molar-refractivity contribution in [3.8, 4) is 18.2 Å². The first-order valence-electron chi connectivity index (χ1n) is 8.81. The van der Waals surface area contributed by atoms with Gasteiger partial charge in [0.1, 0.15) is 0 Å². The molecule has 2 aliphatic heterocycles. The van der Waals surface area contributed by atoms with Gasteiger partial charge in [-0.2, -0.15) is 15.8 Å². The Morgan fingerprint density at radius 3 is 1.23 bits per heavy atom. The number of nitriles is 3. The molecule has 0 atom stereocenters. The van der Waals surface area contributed by atoms with Crippen LogP contribution in [0.5, 0.6) is 0 Å². The lowest BCUT2D eigenvalue weighted by Gasteiger charge is -2.33. The average Bonchev–Trinajstić information content (AvgIpc) is 2.68. The topological polar surface area (TPSA) is 102 Å². The zero-order chi connectivity index (χ0) is 18.6. The molecule has 8 heteroatoms. The maximum atomic E-state index is 8.44. The quantitative estimate of drug-likeness (QED) is 0.691. The van der Waals surface area contributed by atoms with E-state index in [0.717, 1.165) is 65.4 Å². The predicted octanol–water partition coefficient (Wildman–Crippen LogP) is 1.39. The van der Waals surface area contributed by atoms with Gasteiger partial charge in [-0.05, 0) is 0 Å². The van der Waals surface area contributed by atoms with Crippen LogP contribution in [0.1, 0.15) is 26.7 Å². The van der Waals surface area contributed by atoms with Crippen LogP contribution < -0.4 is 10.6 Å². The summed E-state index contributed by atoms with van der Waals surface area (Å²) in [6, 6.07) is 6.21. The standard InChI is InChI=1S/C10H16N4.C4H10N2.C3H4ClN.CH4/c11-3-1-5-13-7-9-14(10-8-13)6-2-4-12;1-2-6-4-3-5-1;4-2-1-3-5;/h1-2,5-10H2;5-6H,1-4H2;1-2H2;1H4. The van der Waals surface area contributed by atoms with Crippen molar-refractivity contribution < 1.29 is 0 Å². The predicted molar refractivity (Wildman–Crippen MR) is 107 cm³/mol. The second-order valence-corrected chi connectivity index (χ2v) is 5.97. The van der Waals surface area contributed by atoms with E-state index in [1.165, 1.54) is 0 Å². The summed E-state index contributed by atoms with van der Waals surface area (Å²) < 4.78 is 0. The number of alkyl halides is 1. The Kier molecular flexibility index (Phi) is 22.3. The summed E-state index contributed by atoms with van der Waals surface area (Å²) in [5.74, 6) is 0.455. The molecule has 0 aromatic heterocycles. The van der Waals surface area contributed by atoms with Gasteiger partial charge in [-0.3, -0.25) is 9.80 Å². The summed E-state index contributed by atoms with van der Waals surface area (Å²) in [5, 5.41) is 31.1. The largest absolute Gasteiger partial charge is 0.314 e. The van der Waals surface area contributed by atoms with Gasteiger partial charge in [-0.1, -0.05) is 7.43 Å². The summed E-state index contributed by atoms with van der Waals surface area (Å²) in [6.45, 7) is 10.5. The van der Waals surface area contributed by atoms with Crippen LogP contribution in [0.25, 0.3) is 0 Å². The second kappa shape index (κ2) is 21.6. The van der Waals surface area contributed by atoms with E-state index in [1.807, 2.05) is 6.07 Å². The molecule has 148 valence electrons. The smallest absolute Gasteiger partial charge is 0.0635 e. The fraction of sp³-hybridized carbons (Fsp3) is 0.833. The highest BCUT2D eigenvalue weighted by Gasteiger charge is 2.15. The van der Waals surface area contributed by atoms with Crippen molar-refractivity contribution in [2.75, 3.05) is 71.3 Å². The Balaban J connectivity index is 0. The molecule has 0 aliphatic carbocycles. The van der Waals surface area contributed by atoms with Gasteiger partial charge in [0.05, 0.1) is 18.2 Å². The van der Waals surface area contributed by atoms with Gasteiger partial charge >= 0.3 is 0 Å². The molecule has 0 unspecified atom stereocenters. The second-order valence-electron chi connectivity index (χ2n) is 5.60. The van der Waals surface area contributed by atoms with E-state index in [4.69, 9.17) is 27.4 Å². The molecule has 0 amide bonds. The molecule has 7 nitrogen and oxygen atoms in total. The first-order valence-corrected chi connectivity index (χ1v) is 9.34. The lowest BCUT2D eigenvalue weighted by molar-refractivity contribution is 0.136. The maximum Gasteiger partial charge on any atom is 0.0635 e. The lowest BCUT2D eigenvalue weighted by Crippen LogP contribution is -2.46. The summed E-state index contributed by atoms with van der Waals surface area (Å²) in [6.07, 6.45) is 1.71. The van der Waals surface area contributed by atoms with Gasteiger partial charge in [0.15, 0.2) is 0 Å². The van der Waals surface area contributed by atoms with Crippen molar-refractivity contribution in [3.05, 3.63) is 0 Å². The van der Waals surface area contributed by atoms with E-state index in [-0.39, 0.29) is 7.43 Å². The van der Waals surface area contributed by atoms with Crippen LogP contribution in [-0.2, 0) is 0 Å². The van der Waals surface area contributed by atoms with E-state index in [9.17, 15) is 0 Å². The minimum absolute atomic E-state index is 0. The number of hydrogen-bond acceptors (Lipinski definition) is 7. The fourth-order valence-corrected chi connectivity index (χ4v) is 2.38. The summed E-state index contributed by atoms with van der Waals surface area (Å²) in [7, 11) is 0.